The maximum absolute atomic E-state index is 12.2. The maximum atomic E-state index is 12.2. The largest absolute Gasteiger partial charge is 0.465 e. The van der Waals surface area contributed by atoms with Crippen LogP contribution >= 0.6 is 0 Å². The van der Waals surface area contributed by atoms with Crippen LogP contribution in [0.1, 0.15) is 46.0 Å². The molecule has 0 saturated carbocycles. The number of ether oxygens (including phenoxy) is 1. The van der Waals surface area contributed by atoms with Gasteiger partial charge in [-0.3, -0.25) is 4.79 Å². The number of rotatable bonds is 7. The number of unbranched alkanes of at least 4 members (excludes halogenated alkanes) is 1. The first-order valence-electron chi connectivity index (χ1n) is 5.64. The van der Waals surface area contributed by atoms with Crippen LogP contribution in [0.5, 0.6) is 0 Å². The van der Waals surface area contributed by atoms with E-state index in [4.69, 9.17) is 4.74 Å². The molecule has 1 unspecified atom stereocenters. The third-order valence-corrected chi connectivity index (χ3v) is 2.17. The van der Waals surface area contributed by atoms with Gasteiger partial charge in [-0.15, -0.1) is 0 Å². The predicted molar refractivity (Wildman–Crippen MR) is 54.9 cm³/mol. The van der Waals surface area contributed by atoms with Gasteiger partial charge < -0.3 is 4.74 Å². The average molecular weight is 240 g/mol. The van der Waals surface area contributed by atoms with Gasteiger partial charge in [0.05, 0.1) is 18.9 Å². The second-order valence-corrected chi connectivity index (χ2v) is 3.83. The molecule has 5 heteroatoms. The maximum Gasteiger partial charge on any atom is 0.389 e. The van der Waals surface area contributed by atoms with Gasteiger partial charge in [-0.25, -0.2) is 0 Å². The minimum Gasteiger partial charge on any atom is -0.465 e. The van der Waals surface area contributed by atoms with Crippen LogP contribution < -0.4 is 0 Å². The van der Waals surface area contributed by atoms with Crippen LogP contribution in [0.2, 0.25) is 0 Å². The predicted octanol–water partition coefficient (Wildman–Crippen LogP) is 3.70. The van der Waals surface area contributed by atoms with Crippen LogP contribution in [0.25, 0.3) is 0 Å². The van der Waals surface area contributed by atoms with E-state index in [0.717, 1.165) is 6.42 Å². The van der Waals surface area contributed by atoms with E-state index in [1.165, 1.54) is 0 Å². The molecule has 16 heavy (non-hydrogen) atoms. The van der Waals surface area contributed by atoms with Crippen LogP contribution in [-0.4, -0.2) is 18.8 Å². The second kappa shape index (κ2) is 7.52. The lowest BCUT2D eigenvalue weighted by molar-refractivity contribution is -0.168. The highest BCUT2D eigenvalue weighted by molar-refractivity contribution is 5.72. The lowest BCUT2D eigenvalue weighted by Crippen LogP contribution is -2.24. The van der Waals surface area contributed by atoms with E-state index >= 15 is 0 Å². The molecule has 0 rings (SSSR count). The van der Waals surface area contributed by atoms with Gasteiger partial charge in [-0.05, 0) is 12.8 Å². The van der Waals surface area contributed by atoms with Gasteiger partial charge in [0.2, 0.25) is 0 Å². The SMILES string of the molecule is CCCCC(CC(F)(F)F)C(=O)OCCC. The van der Waals surface area contributed by atoms with E-state index in [-0.39, 0.29) is 13.0 Å². The summed E-state index contributed by atoms with van der Waals surface area (Å²) < 4.78 is 41.4. The Morgan fingerprint density at radius 1 is 1.25 bits per heavy atom. The molecule has 0 aromatic carbocycles. The Morgan fingerprint density at radius 2 is 1.88 bits per heavy atom. The van der Waals surface area contributed by atoms with Gasteiger partial charge in [0, 0.05) is 0 Å². The summed E-state index contributed by atoms with van der Waals surface area (Å²) in [5, 5.41) is 0. The molecule has 0 aliphatic rings. The molecule has 0 bridgehead atoms. The molecule has 0 radical (unpaired) electrons. The van der Waals surface area contributed by atoms with E-state index < -0.39 is 24.5 Å². The highest BCUT2D eigenvalue weighted by Gasteiger charge is 2.35. The summed E-state index contributed by atoms with van der Waals surface area (Å²) in [7, 11) is 0. The standard InChI is InChI=1S/C11H19F3O2/c1-3-5-6-9(8-11(12,13)14)10(15)16-7-4-2/h9H,3-8H2,1-2H3. The summed E-state index contributed by atoms with van der Waals surface area (Å²) in [5.41, 5.74) is 0. The summed E-state index contributed by atoms with van der Waals surface area (Å²) in [4.78, 5) is 11.4. The van der Waals surface area contributed by atoms with Gasteiger partial charge in [-0.1, -0.05) is 26.7 Å². The molecule has 0 aromatic rings. The lowest BCUT2D eigenvalue weighted by Gasteiger charge is -2.17. The summed E-state index contributed by atoms with van der Waals surface area (Å²) in [6.45, 7) is 3.87. The first-order chi connectivity index (χ1) is 7.40. The minimum atomic E-state index is -4.30. The van der Waals surface area contributed by atoms with E-state index in [0.29, 0.717) is 12.8 Å². The highest BCUT2D eigenvalue weighted by Crippen LogP contribution is 2.28. The zero-order chi connectivity index (χ0) is 12.6. The molecule has 0 heterocycles. The number of esters is 1. The molecule has 0 aliphatic heterocycles. The monoisotopic (exact) mass is 240 g/mol. The number of alkyl halides is 3. The quantitative estimate of drug-likeness (QED) is 0.634. The fraction of sp³-hybridized carbons (Fsp3) is 0.909. The molecule has 0 aromatic heterocycles. The number of carbonyl (C=O) groups excluding carboxylic acids is 1. The van der Waals surface area contributed by atoms with Crippen LogP contribution in [0.4, 0.5) is 13.2 Å². The smallest absolute Gasteiger partial charge is 0.389 e. The van der Waals surface area contributed by atoms with Crippen LogP contribution in [0, 0.1) is 5.92 Å². The minimum absolute atomic E-state index is 0.194. The van der Waals surface area contributed by atoms with Gasteiger partial charge in [0.25, 0.3) is 0 Å². The van der Waals surface area contributed by atoms with E-state index in [9.17, 15) is 18.0 Å². The van der Waals surface area contributed by atoms with Gasteiger partial charge in [0.1, 0.15) is 0 Å². The Bertz CT molecular complexity index is 202. The Kier molecular flexibility index (Phi) is 7.17. The van der Waals surface area contributed by atoms with Gasteiger partial charge >= 0.3 is 12.1 Å². The Morgan fingerprint density at radius 3 is 2.31 bits per heavy atom. The molecule has 0 fully saturated rings. The summed E-state index contributed by atoms with van der Waals surface area (Å²) in [6.07, 6.45) is -3.12. The number of hydrogen-bond acceptors (Lipinski definition) is 2. The highest BCUT2D eigenvalue weighted by atomic mass is 19.4. The molecular formula is C11H19F3O2. The molecule has 0 amide bonds. The molecule has 96 valence electrons. The molecule has 0 aliphatic carbocycles. The van der Waals surface area contributed by atoms with Crippen molar-refractivity contribution in [3.8, 4) is 0 Å². The van der Waals surface area contributed by atoms with Crippen molar-refractivity contribution >= 4 is 5.97 Å². The summed E-state index contributed by atoms with van der Waals surface area (Å²) >= 11 is 0. The number of hydrogen-bond donors (Lipinski definition) is 0. The average Bonchev–Trinajstić information content (AvgIpc) is 2.19. The van der Waals surface area contributed by atoms with E-state index in [1.807, 2.05) is 6.92 Å². The molecule has 2 nitrogen and oxygen atoms in total. The first kappa shape index (κ1) is 15.3. The van der Waals surface area contributed by atoms with Crippen LogP contribution in [0.15, 0.2) is 0 Å². The van der Waals surface area contributed by atoms with Crippen molar-refractivity contribution in [3.05, 3.63) is 0 Å². The molecule has 1 atom stereocenters. The fourth-order valence-corrected chi connectivity index (χ4v) is 1.35. The molecular weight excluding hydrogens is 221 g/mol. The fourth-order valence-electron chi connectivity index (χ4n) is 1.35. The van der Waals surface area contributed by atoms with E-state index in [1.54, 1.807) is 6.92 Å². The first-order valence-corrected chi connectivity index (χ1v) is 5.64. The van der Waals surface area contributed by atoms with E-state index in [2.05, 4.69) is 0 Å². The molecule has 0 spiro atoms. The third-order valence-electron chi connectivity index (χ3n) is 2.17. The van der Waals surface area contributed by atoms with Gasteiger partial charge in [-0.2, -0.15) is 13.2 Å². The zero-order valence-corrected chi connectivity index (χ0v) is 9.77. The van der Waals surface area contributed by atoms with Gasteiger partial charge in [0.15, 0.2) is 0 Å². The van der Waals surface area contributed by atoms with Crippen molar-refractivity contribution in [2.45, 2.75) is 52.1 Å². The summed E-state index contributed by atoms with van der Waals surface area (Å²) in [6, 6.07) is 0. The van der Waals surface area contributed by atoms with Crippen LogP contribution in [-0.2, 0) is 9.53 Å². The van der Waals surface area contributed by atoms with Crippen molar-refractivity contribution in [2.75, 3.05) is 6.61 Å². The number of halogens is 3. The zero-order valence-electron chi connectivity index (χ0n) is 9.77. The second-order valence-electron chi connectivity index (χ2n) is 3.83. The van der Waals surface area contributed by atoms with Crippen molar-refractivity contribution in [2.24, 2.45) is 5.92 Å². The topological polar surface area (TPSA) is 26.3 Å². The Hall–Kier alpha value is -0.740. The Balaban J connectivity index is 4.23. The normalized spacial score (nSPS) is 13.6. The molecule has 0 N–H and O–H groups in total. The number of carbonyl (C=O) groups is 1. The van der Waals surface area contributed by atoms with Crippen molar-refractivity contribution in [1.29, 1.82) is 0 Å². The van der Waals surface area contributed by atoms with Crippen molar-refractivity contribution in [3.63, 3.8) is 0 Å². The lowest BCUT2D eigenvalue weighted by atomic mass is 9.98. The summed E-state index contributed by atoms with van der Waals surface area (Å²) in [5.74, 6) is -1.75. The molecule has 0 saturated heterocycles. The van der Waals surface area contributed by atoms with Crippen molar-refractivity contribution < 1.29 is 22.7 Å². The third kappa shape index (κ3) is 7.54. The van der Waals surface area contributed by atoms with Crippen LogP contribution in [0.3, 0.4) is 0 Å². The Labute approximate surface area is 94.2 Å². The van der Waals surface area contributed by atoms with Crippen molar-refractivity contribution in [1.82, 2.24) is 0 Å².